The molecule has 1 unspecified atom stereocenters. The van der Waals surface area contributed by atoms with E-state index in [1.165, 1.54) is 11.1 Å². The van der Waals surface area contributed by atoms with Crippen LogP contribution in [0.15, 0.2) is 51.4 Å². The zero-order chi connectivity index (χ0) is 13.8. The molecular weight excluding hydrogens is 436 g/mol. The van der Waals surface area contributed by atoms with Crippen LogP contribution in [0.2, 0.25) is 0 Å². The van der Waals surface area contributed by atoms with Crippen molar-refractivity contribution in [3.8, 4) is 5.75 Å². The summed E-state index contributed by atoms with van der Waals surface area (Å²) >= 11 is 10.8. The molecule has 0 aliphatic heterocycles. The van der Waals surface area contributed by atoms with Crippen LogP contribution in [0.5, 0.6) is 5.75 Å². The third-order valence-electron chi connectivity index (χ3n) is 2.69. The second kappa shape index (κ2) is 6.91. The molecule has 0 heterocycles. The van der Waals surface area contributed by atoms with Crippen molar-refractivity contribution in [2.24, 2.45) is 0 Å². The van der Waals surface area contributed by atoms with Crippen LogP contribution in [0.25, 0.3) is 0 Å². The van der Waals surface area contributed by atoms with Gasteiger partial charge in [-0.1, -0.05) is 50.1 Å². The first-order chi connectivity index (χ1) is 9.11. The number of halogens is 3. The van der Waals surface area contributed by atoms with Gasteiger partial charge in [0.15, 0.2) is 0 Å². The summed E-state index contributed by atoms with van der Waals surface area (Å²) in [6, 6.07) is 14.4. The van der Waals surface area contributed by atoms with E-state index < -0.39 is 0 Å². The van der Waals surface area contributed by atoms with Gasteiger partial charge in [-0.3, -0.25) is 0 Å². The lowest BCUT2D eigenvalue weighted by Crippen LogP contribution is -1.96. The van der Waals surface area contributed by atoms with Crippen molar-refractivity contribution in [2.75, 3.05) is 6.61 Å². The highest BCUT2D eigenvalue weighted by Gasteiger charge is 2.12. The van der Waals surface area contributed by atoms with Gasteiger partial charge in [-0.05, 0) is 58.2 Å². The Kier molecular flexibility index (Phi) is 5.48. The molecule has 0 aliphatic rings. The summed E-state index contributed by atoms with van der Waals surface area (Å²) < 4.78 is 7.59. The Morgan fingerprint density at radius 3 is 2.42 bits per heavy atom. The Morgan fingerprint density at radius 2 is 1.79 bits per heavy atom. The second-order valence-electron chi connectivity index (χ2n) is 4.04. The van der Waals surface area contributed by atoms with Crippen LogP contribution in [0.3, 0.4) is 0 Å². The minimum atomic E-state index is 0.164. The van der Waals surface area contributed by atoms with E-state index in [0.29, 0.717) is 6.61 Å². The lowest BCUT2D eigenvalue weighted by molar-refractivity contribution is 0.338. The molecular formula is C15H13Br3O. The summed E-state index contributed by atoms with van der Waals surface area (Å²) in [6.45, 7) is 2.65. The molecule has 0 saturated heterocycles. The summed E-state index contributed by atoms with van der Waals surface area (Å²) in [6.07, 6.45) is 0. The maximum Gasteiger partial charge on any atom is 0.133 e. The first-order valence-electron chi connectivity index (χ1n) is 5.93. The van der Waals surface area contributed by atoms with Gasteiger partial charge in [0.25, 0.3) is 0 Å². The highest BCUT2D eigenvalue weighted by atomic mass is 79.9. The number of benzene rings is 2. The van der Waals surface area contributed by atoms with Gasteiger partial charge >= 0.3 is 0 Å². The van der Waals surface area contributed by atoms with Crippen molar-refractivity contribution < 1.29 is 4.74 Å². The molecule has 2 aromatic carbocycles. The molecule has 19 heavy (non-hydrogen) atoms. The lowest BCUT2D eigenvalue weighted by Gasteiger charge is -2.13. The molecule has 0 N–H and O–H groups in total. The van der Waals surface area contributed by atoms with E-state index in [2.05, 4.69) is 72.1 Å². The molecule has 2 aromatic rings. The predicted molar refractivity (Wildman–Crippen MR) is 90.2 cm³/mol. The van der Waals surface area contributed by atoms with Gasteiger partial charge in [0.1, 0.15) is 5.75 Å². The van der Waals surface area contributed by atoms with Crippen molar-refractivity contribution in [2.45, 2.75) is 11.8 Å². The Morgan fingerprint density at radius 1 is 1.05 bits per heavy atom. The molecule has 100 valence electrons. The Balaban J connectivity index is 2.29. The van der Waals surface area contributed by atoms with Crippen LogP contribution < -0.4 is 4.74 Å². The molecule has 0 aliphatic carbocycles. The third-order valence-corrected chi connectivity index (χ3v) is 4.86. The van der Waals surface area contributed by atoms with Crippen molar-refractivity contribution in [3.05, 3.63) is 62.5 Å². The molecule has 0 amide bonds. The van der Waals surface area contributed by atoms with Crippen LogP contribution in [-0.4, -0.2) is 6.61 Å². The van der Waals surface area contributed by atoms with Crippen molar-refractivity contribution in [1.29, 1.82) is 0 Å². The van der Waals surface area contributed by atoms with E-state index in [9.17, 15) is 0 Å². The topological polar surface area (TPSA) is 9.23 Å². The van der Waals surface area contributed by atoms with Crippen LogP contribution in [0.1, 0.15) is 22.9 Å². The number of alkyl halides is 1. The molecule has 1 atom stereocenters. The normalized spacial score (nSPS) is 12.2. The third kappa shape index (κ3) is 3.83. The van der Waals surface area contributed by atoms with Crippen LogP contribution in [0, 0.1) is 0 Å². The van der Waals surface area contributed by atoms with Crippen molar-refractivity contribution in [3.63, 3.8) is 0 Å². The number of ether oxygens (including phenoxy) is 1. The average molecular weight is 449 g/mol. The SMILES string of the molecule is CCOc1ccc(C(Br)c2cccc(Br)c2)cc1Br. The minimum Gasteiger partial charge on any atom is -0.493 e. The average Bonchev–Trinajstić information content (AvgIpc) is 2.40. The maximum absolute atomic E-state index is 5.53. The predicted octanol–water partition coefficient (Wildman–Crippen LogP) is 6.09. The van der Waals surface area contributed by atoms with Gasteiger partial charge < -0.3 is 4.74 Å². The molecule has 4 heteroatoms. The second-order valence-corrected chi connectivity index (χ2v) is 6.73. The summed E-state index contributed by atoms with van der Waals surface area (Å²) in [5.74, 6) is 0.875. The Hall–Kier alpha value is -0.320. The largest absolute Gasteiger partial charge is 0.493 e. The fraction of sp³-hybridized carbons (Fsp3) is 0.200. The lowest BCUT2D eigenvalue weighted by atomic mass is 10.0. The Labute approximate surface area is 138 Å². The van der Waals surface area contributed by atoms with E-state index in [1.54, 1.807) is 0 Å². The standard InChI is InChI=1S/C15H13Br3O/c1-2-19-14-7-6-11(9-13(14)17)15(18)10-4-3-5-12(16)8-10/h3-9,15H,2H2,1H3. The van der Waals surface area contributed by atoms with Gasteiger partial charge in [0.2, 0.25) is 0 Å². The highest BCUT2D eigenvalue weighted by molar-refractivity contribution is 9.11. The minimum absolute atomic E-state index is 0.164. The van der Waals surface area contributed by atoms with Crippen LogP contribution in [-0.2, 0) is 0 Å². The van der Waals surface area contributed by atoms with E-state index in [0.717, 1.165) is 14.7 Å². The fourth-order valence-electron chi connectivity index (χ4n) is 1.80. The van der Waals surface area contributed by atoms with Gasteiger partial charge in [-0.2, -0.15) is 0 Å². The highest BCUT2D eigenvalue weighted by Crippen LogP contribution is 2.36. The van der Waals surface area contributed by atoms with Crippen LogP contribution >= 0.6 is 47.8 Å². The van der Waals surface area contributed by atoms with Crippen molar-refractivity contribution in [1.82, 2.24) is 0 Å². The summed E-state index contributed by atoms with van der Waals surface area (Å²) in [5.41, 5.74) is 2.40. The van der Waals surface area contributed by atoms with E-state index >= 15 is 0 Å². The summed E-state index contributed by atoms with van der Waals surface area (Å²) in [4.78, 5) is 0.164. The first kappa shape index (κ1) is 15.1. The quantitative estimate of drug-likeness (QED) is 0.514. The van der Waals surface area contributed by atoms with Gasteiger partial charge in [0, 0.05) is 4.47 Å². The summed E-state index contributed by atoms with van der Waals surface area (Å²) in [5, 5.41) is 0. The molecule has 0 bridgehead atoms. The Bertz CT molecular complexity index is 569. The molecule has 0 saturated carbocycles. The van der Waals surface area contributed by atoms with Crippen LogP contribution in [0.4, 0.5) is 0 Å². The van der Waals surface area contributed by atoms with Gasteiger partial charge in [-0.15, -0.1) is 0 Å². The maximum atomic E-state index is 5.53. The first-order valence-corrected chi connectivity index (χ1v) is 8.43. The zero-order valence-electron chi connectivity index (χ0n) is 10.4. The van der Waals surface area contributed by atoms with E-state index in [1.807, 2.05) is 25.1 Å². The van der Waals surface area contributed by atoms with Gasteiger partial charge in [0.05, 0.1) is 15.9 Å². The number of rotatable bonds is 4. The van der Waals surface area contributed by atoms with E-state index in [4.69, 9.17) is 4.74 Å². The zero-order valence-corrected chi connectivity index (χ0v) is 15.1. The smallest absolute Gasteiger partial charge is 0.133 e. The van der Waals surface area contributed by atoms with Gasteiger partial charge in [-0.25, -0.2) is 0 Å². The molecule has 0 spiro atoms. The fourth-order valence-corrected chi connectivity index (χ4v) is 3.30. The summed E-state index contributed by atoms with van der Waals surface area (Å²) in [7, 11) is 0. The van der Waals surface area contributed by atoms with Crippen molar-refractivity contribution >= 4 is 47.8 Å². The monoisotopic (exact) mass is 446 g/mol. The number of hydrogen-bond acceptors (Lipinski definition) is 1. The van der Waals surface area contributed by atoms with E-state index in [-0.39, 0.29) is 4.83 Å². The molecule has 0 aromatic heterocycles. The molecule has 0 fully saturated rings. The molecule has 2 rings (SSSR count). The molecule has 0 radical (unpaired) electrons. The number of hydrogen-bond donors (Lipinski definition) is 0. The molecule has 1 nitrogen and oxygen atoms in total.